The highest BCUT2D eigenvalue weighted by Crippen LogP contribution is 2.24. The first kappa shape index (κ1) is 20.3. The van der Waals surface area contributed by atoms with E-state index in [1.807, 2.05) is 37.3 Å². The van der Waals surface area contributed by atoms with Gasteiger partial charge in [0.05, 0.1) is 5.69 Å². The molecule has 0 fully saturated rings. The molecule has 0 bridgehead atoms. The third kappa shape index (κ3) is 4.27. The summed E-state index contributed by atoms with van der Waals surface area (Å²) >= 11 is 9.54. The monoisotopic (exact) mass is 484 g/mol. The summed E-state index contributed by atoms with van der Waals surface area (Å²) in [5, 5.41) is 7.68. The number of halogens is 3. The van der Waals surface area contributed by atoms with Crippen molar-refractivity contribution in [2.45, 2.75) is 6.92 Å². The summed E-state index contributed by atoms with van der Waals surface area (Å²) in [5.74, 6) is -0.400. The van der Waals surface area contributed by atoms with Crippen molar-refractivity contribution in [2.75, 3.05) is 5.32 Å². The predicted molar refractivity (Wildman–Crippen MR) is 119 cm³/mol. The summed E-state index contributed by atoms with van der Waals surface area (Å²) in [4.78, 5) is 17.2. The first-order chi connectivity index (χ1) is 14.4. The first-order valence-electron chi connectivity index (χ1n) is 8.97. The lowest BCUT2D eigenvalue weighted by atomic mass is 10.2. The SMILES string of the molecule is Cc1ccc(NC(=O)c2nc(-c3ccc(Br)cc3)n(-c3ccc(F)cc3)n2)cc1Cl. The molecule has 1 N–H and O–H groups in total. The molecular formula is C22H15BrClFN4O. The number of benzene rings is 3. The molecule has 4 rings (SSSR count). The van der Waals surface area contributed by atoms with Gasteiger partial charge in [0.1, 0.15) is 5.82 Å². The Bertz CT molecular complexity index is 1160. The zero-order valence-electron chi connectivity index (χ0n) is 15.7. The maximum Gasteiger partial charge on any atom is 0.295 e. The molecule has 0 spiro atoms. The van der Waals surface area contributed by atoms with E-state index in [0.717, 1.165) is 15.6 Å². The minimum Gasteiger partial charge on any atom is -0.319 e. The molecular weight excluding hydrogens is 471 g/mol. The average molecular weight is 486 g/mol. The van der Waals surface area contributed by atoms with Crippen LogP contribution in [-0.2, 0) is 0 Å². The van der Waals surface area contributed by atoms with Gasteiger partial charge in [-0.05, 0) is 61.0 Å². The number of nitrogens with one attached hydrogen (secondary N) is 1. The fourth-order valence-corrected chi connectivity index (χ4v) is 3.26. The number of rotatable bonds is 4. The van der Waals surface area contributed by atoms with Crippen molar-refractivity contribution in [1.29, 1.82) is 0 Å². The molecule has 4 aromatic rings. The zero-order valence-corrected chi connectivity index (χ0v) is 18.1. The molecule has 0 saturated heterocycles. The lowest BCUT2D eigenvalue weighted by molar-refractivity contribution is 0.101. The van der Waals surface area contributed by atoms with Crippen molar-refractivity contribution in [2.24, 2.45) is 0 Å². The van der Waals surface area contributed by atoms with E-state index in [1.54, 1.807) is 24.3 Å². The molecule has 0 aliphatic rings. The van der Waals surface area contributed by atoms with Gasteiger partial charge in [0.15, 0.2) is 5.82 Å². The lowest BCUT2D eigenvalue weighted by Gasteiger charge is -2.06. The largest absolute Gasteiger partial charge is 0.319 e. The van der Waals surface area contributed by atoms with Crippen LogP contribution >= 0.6 is 27.5 Å². The van der Waals surface area contributed by atoms with Crippen molar-refractivity contribution >= 4 is 39.1 Å². The van der Waals surface area contributed by atoms with E-state index in [1.165, 1.54) is 16.8 Å². The van der Waals surface area contributed by atoms with Gasteiger partial charge in [-0.25, -0.2) is 14.1 Å². The van der Waals surface area contributed by atoms with Gasteiger partial charge in [0, 0.05) is 20.7 Å². The fourth-order valence-electron chi connectivity index (χ4n) is 2.81. The number of aromatic nitrogens is 3. The maximum atomic E-state index is 13.4. The van der Waals surface area contributed by atoms with Gasteiger partial charge in [0.2, 0.25) is 5.82 Å². The molecule has 1 heterocycles. The number of anilines is 1. The Kier molecular flexibility index (Phi) is 5.65. The molecule has 0 radical (unpaired) electrons. The topological polar surface area (TPSA) is 59.8 Å². The Hall–Kier alpha value is -3.03. The quantitative estimate of drug-likeness (QED) is 0.383. The third-order valence-corrected chi connectivity index (χ3v) is 5.35. The number of carbonyl (C=O) groups excluding carboxylic acids is 1. The summed E-state index contributed by atoms with van der Waals surface area (Å²) in [5.41, 5.74) is 2.79. The van der Waals surface area contributed by atoms with Crippen molar-refractivity contribution in [1.82, 2.24) is 14.8 Å². The molecule has 0 unspecified atom stereocenters. The van der Waals surface area contributed by atoms with E-state index in [-0.39, 0.29) is 11.6 Å². The van der Waals surface area contributed by atoms with E-state index >= 15 is 0 Å². The summed E-state index contributed by atoms with van der Waals surface area (Å²) in [6.07, 6.45) is 0. The molecule has 0 saturated carbocycles. The summed E-state index contributed by atoms with van der Waals surface area (Å²) in [6, 6.07) is 18.5. The van der Waals surface area contributed by atoms with Crippen molar-refractivity contribution in [3.05, 3.63) is 93.4 Å². The fraction of sp³-hybridized carbons (Fsp3) is 0.0455. The Morgan fingerprint density at radius 3 is 2.43 bits per heavy atom. The molecule has 150 valence electrons. The number of nitrogens with zero attached hydrogens (tertiary/aromatic N) is 3. The van der Waals surface area contributed by atoms with Crippen LogP contribution in [0.25, 0.3) is 17.1 Å². The van der Waals surface area contributed by atoms with Crippen LogP contribution in [0.15, 0.2) is 71.2 Å². The molecule has 1 aromatic heterocycles. The average Bonchev–Trinajstić information content (AvgIpc) is 3.17. The highest BCUT2D eigenvalue weighted by molar-refractivity contribution is 9.10. The van der Waals surface area contributed by atoms with Gasteiger partial charge in [0.25, 0.3) is 5.91 Å². The number of carbonyl (C=O) groups is 1. The zero-order chi connectivity index (χ0) is 21.3. The first-order valence-corrected chi connectivity index (χ1v) is 10.1. The molecule has 30 heavy (non-hydrogen) atoms. The van der Waals surface area contributed by atoms with Crippen molar-refractivity contribution in [3.8, 4) is 17.1 Å². The van der Waals surface area contributed by atoms with Crippen LogP contribution in [-0.4, -0.2) is 20.7 Å². The molecule has 0 aliphatic heterocycles. The second-order valence-electron chi connectivity index (χ2n) is 6.57. The Labute approximate surface area is 185 Å². The third-order valence-electron chi connectivity index (χ3n) is 4.41. The van der Waals surface area contributed by atoms with Gasteiger partial charge in [-0.3, -0.25) is 4.79 Å². The second kappa shape index (κ2) is 8.38. The van der Waals surface area contributed by atoms with Crippen LogP contribution in [0.2, 0.25) is 5.02 Å². The minimum atomic E-state index is -0.478. The van der Waals surface area contributed by atoms with Gasteiger partial charge < -0.3 is 5.32 Å². The number of amides is 1. The highest BCUT2D eigenvalue weighted by atomic mass is 79.9. The van der Waals surface area contributed by atoms with Crippen molar-refractivity contribution < 1.29 is 9.18 Å². The Balaban J connectivity index is 1.74. The van der Waals surface area contributed by atoms with E-state index in [2.05, 4.69) is 31.3 Å². The van der Waals surface area contributed by atoms with Crippen LogP contribution in [0.1, 0.15) is 16.2 Å². The van der Waals surface area contributed by atoms with Gasteiger partial charge in [-0.1, -0.05) is 45.7 Å². The number of aryl methyl sites for hydroxylation is 1. The van der Waals surface area contributed by atoms with Crippen LogP contribution in [0, 0.1) is 12.7 Å². The normalized spacial score (nSPS) is 10.8. The van der Waals surface area contributed by atoms with Crippen LogP contribution in [0.3, 0.4) is 0 Å². The molecule has 0 aliphatic carbocycles. The summed E-state index contributed by atoms with van der Waals surface area (Å²) < 4.78 is 15.8. The van der Waals surface area contributed by atoms with Crippen LogP contribution < -0.4 is 5.32 Å². The van der Waals surface area contributed by atoms with E-state index < -0.39 is 5.91 Å². The lowest BCUT2D eigenvalue weighted by Crippen LogP contribution is -2.14. The Morgan fingerprint density at radius 1 is 1.07 bits per heavy atom. The highest BCUT2D eigenvalue weighted by Gasteiger charge is 2.19. The smallest absolute Gasteiger partial charge is 0.295 e. The van der Waals surface area contributed by atoms with Crippen molar-refractivity contribution in [3.63, 3.8) is 0 Å². The second-order valence-corrected chi connectivity index (χ2v) is 7.90. The molecule has 0 atom stereocenters. The van der Waals surface area contributed by atoms with Crippen LogP contribution in [0.4, 0.5) is 10.1 Å². The van der Waals surface area contributed by atoms with Gasteiger partial charge >= 0.3 is 0 Å². The summed E-state index contributed by atoms with van der Waals surface area (Å²) in [7, 11) is 0. The molecule has 3 aromatic carbocycles. The Morgan fingerprint density at radius 2 is 1.77 bits per heavy atom. The number of hydrogen-bond acceptors (Lipinski definition) is 3. The van der Waals surface area contributed by atoms with Gasteiger partial charge in [-0.2, -0.15) is 0 Å². The van der Waals surface area contributed by atoms with E-state index in [4.69, 9.17) is 11.6 Å². The maximum absolute atomic E-state index is 13.4. The van der Waals surface area contributed by atoms with E-state index in [0.29, 0.717) is 22.2 Å². The predicted octanol–water partition coefficient (Wildman–Crippen LogP) is 6.05. The minimum absolute atomic E-state index is 0.0195. The molecule has 5 nitrogen and oxygen atoms in total. The molecule has 8 heteroatoms. The standard InChI is InChI=1S/C22H15BrClFN4O/c1-13-2-9-17(12-19(13)24)26-22(30)20-27-21(14-3-5-15(23)6-4-14)29(28-20)18-10-7-16(25)8-11-18/h2-12H,1H3,(H,26,30). The van der Waals surface area contributed by atoms with Gasteiger partial charge in [-0.15, -0.1) is 5.10 Å². The number of hydrogen-bond donors (Lipinski definition) is 1. The molecule has 1 amide bonds. The van der Waals surface area contributed by atoms with Crippen LogP contribution in [0.5, 0.6) is 0 Å². The van der Waals surface area contributed by atoms with E-state index in [9.17, 15) is 9.18 Å². The summed E-state index contributed by atoms with van der Waals surface area (Å²) in [6.45, 7) is 1.88.